The van der Waals surface area contributed by atoms with E-state index in [1.807, 2.05) is 11.0 Å². The van der Waals surface area contributed by atoms with Crippen molar-refractivity contribution in [3.63, 3.8) is 0 Å². The molecule has 1 aliphatic rings. The van der Waals surface area contributed by atoms with Crippen LogP contribution in [-0.2, 0) is 11.3 Å². The third kappa shape index (κ3) is 3.67. The standard InChI is InChI=1S/C16H22N2O/c1-3-16(19)18-11-7-10-15(13-18)17(2)12-14-8-5-4-6-9-14/h3-6,8-9,15H,1,7,10-13H2,2H3/t15-/m1/s1. The third-order valence-electron chi connectivity index (χ3n) is 3.78. The van der Waals surface area contributed by atoms with E-state index in [0.29, 0.717) is 6.04 Å². The van der Waals surface area contributed by atoms with Gasteiger partial charge in [-0.1, -0.05) is 36.9 Å². The zero-order chi connectivity index (χ0) is 13.7. The molecule has 0 aromatic heterocycles. The van der Waals surface area contributed by atoms with E-state index in [9.17, 15) is 4.79 Å². The molecule has 0 radical (unpaired) electrons. The minimum atomic E-state index is 0.0535. The van der Waals surface area contributed by atoms with E-state index in [1.54, 1.807) is 0 Å². The van der Waals surface area contributed by atoms with Crippen LogP contribution in [0.25, 0.3) is 0 Å². The van der Waals surface area contributed by atoms with E-state index in [2.05, 4.69) is 42.8 Å². The fourth-order valence-electron chi connectivity index (χ4n) is 2.64. The van der Waals surface area contributed by atoms with E-state index >= 15 is 0 Å². The van der Waals surface area contributed by atoms with E-state index in [4.69, 9.17) is 0 Å². The van der Waals surface area contributed by atoms with Crippen molar-refractivity contribution >= 4 is 5.91 Å². The second-order valence-corrected chi connectivity index (χ2v) is 5.19. The van der Waals surface area contributed by atoms with Crippen LogP contribution in [0.2, 0.25) is 0 Å². The van der Waals surface area contributed by atoms with Gasteiger partial charge in [0.05, 0.1) is 0 Å². The molecular weight excluding hydrogens is 236 g/mol. The Kier molecular flexibility index (Phi) is 4.74. The maximum Gasteiger partial charge on any atom is 0.246 e. The quantitative estimate of drug-likeness (QED) is 0.774. The maximum absolute atomic E-state index is 11.7. The van der Waals surface area contributed by atoms with Crippen LogP contribution < -0.4 is 0 Å². The van der Waals surface area contributed by atoms with Gasteiger partial charge in [-0.05, 0) is 31.5 Å². The summed E-state index contributed by atoms with van der Waals surface area (Å²) in [5.41, 5.74) is 1.32. The molecule has 102 valence electrons. The van der Waals surface area contributed by atoms with Gasteiger partial charge in [0, 0.05) is 25.7 Å². The second kappa shape index (κ2) is 6.53. The first kappa shape index (κ1) is 13.8. The fraction of sp³-hybridized carbons (Fsp3) is 0.438. The molecule has 0 saturated carbocycles. The molecule has 0 bridgehead atoms. The Labute approximate surface area is 115 Å². The number of nitrogens with zero attached hydrogens (tertiary/aromatic N) is 2. The van der Waals surface area contributed by atoms with Crippen molar-refractivity contribution in [1.29, 1.82) is 0 Å². The first-order valence-electron chi connectivity index (χ1n) is 6.86. The van der Waals surface area contributed by atoms with Crippen LogP contribution in [0.4, 0.5) is 0 Å². The summed E-state index contributed by atoms with van der Waals surface area (Å²) in [4.78, 5) is 15.9. The highest BCUT2D eigenvalue weighted by atomic mass is 16.2. The minimum absolute atomic E-state index is 0.0535. The molecule has 1 heterocycles. The van der Waals surface area contributed by atoms with Crippen molar-refractivity contribution < 1.29 is 4.79 Å². The highest BCUT2D eigenvalue weighted by Crippen LogP contribution is 2.17. The smallest absolute Gasteiger partial charge is 0.246 e. The molecule has 0 N–H and O–H groups in total. The highest BCUT2D eigenvalue weighted by Gasteiger charge is 2.24. The molecule has 1 fully saturated rings. The zero-order valence-corrected chi connectivity index (χ0v) is 11.6. The Bertz CT molecular complexity index is 430. The van der Waals surface area contributed by atoms with Crippen LogP contribution in [0.5, 0.6) is 0 Å². The van der Waals surface area contributed by atoms with Crippen LogP contribution >= 0.6 is 0 Å². The summed E-state index contributed by atoms with van der Waals surface area (Å²) < 4.78 is 0. The molecule has 0 aliphatic carbocycles. The number of hydrogen-bond acceptors (Lipinski definition) is 2. The molecule has 3 heteroatoms. The number of rotatable bonds is 4. The lowest BCUT2D eigenvalue weighted by atomic mass is 10.0. The SMILES string of the molecule is C=CC(=O)N1CCC[C@@H](N(C)Cc2ccccc2)C1. The molecule has 0 spiro atoms. The summed E-state index contributed by atoms with van der Waals surface area (Å²) in [6, 6.07) is 10.9. The Morgan fingerprint density at radius 1 is 1.47 bits per heavy atom. The molecule has 1 aliphatic heterocycles. The first-order valence-corrected chi connectivity index (χ1v) is 6.86. The summed E-state index contributed by atoms with van der Waals surface area (Å²) in [5.74, 6) is 0.0535. The van der Waals surface area contributed by atoms with Crippen LogP contribution in [0.15, 0.2) is 43.0 Å². The molecule has 1 aromatic carbocycles. The van der Waals surface area contributed by atoms with Crippen molar-refractivity contribution in [1.82, 2.24) is 9.80 Å². The predicted octanol–water partition coefficient (Wildman–Crippen LogP) is 2.30. The van der Waals surface area contributed by atoms with Gasteiger partial charge in [0.2, 0.25) is 5.91 Å². The van der Waals surface area contributed by atoms with Crippen molar-refractivity contribution in [2.24, 2.45) is 0 Å². The highest BCUT2D eigenvalue weighted by molar-refractivity contribution is 5.87. The average molecular weight is 258 g/mol. The van der Waals surface area contributed by atoms with E-state index in [1.165, 1.54) is 11.6 Å². The van der Waals surface area contributed by atoms with E-state index in [0.717, 1.165) is 32.5 Å². The van der Waals surface area contributed by atoms with Gasteiger partial charge in [0.25, 0.3) is 0 Å². The molecule has 1 amide bonds. The van der Waals surface area contributed by atoms with Crippen LogP contribution in [-0.4, -0.2) is 41.9 Å². The number of carbonyl (C=O) groups excluding carboxylic acids is 1. The molecule has 2 rings (SSSR count). The van der Waals surface area contributed by atoms with Gasteiger partial charge in [-0.25, -0.2) is 0 Å². The lowest BCUT2D eigenvalue weighted by Crippen LogP contribution is -2.47. The molecule has 0 unspecified atom stereocenters. The number of likely N-dealkylation sites (tertiary alicyclic amines) is 1. The lowest BCUT2D eigenvalue weighted by Gasteiger charge is -2.37. The number of benzene rings is 1. The molecule has 1 saturated heterocycles. The molecule has 19 heavy (non-hydrogen) atoms. The summed E-state index contributed by atoms with van der Waals surface area (Å²) in [6.45, 7) is 6.18. The average Bonchev–Trinajstić information content (AvgIpc) is 2.47. The maximum atomic E-state index is 11.7. The van der Waals surface area contributed by atoms with Gasteiger partial charge in [-0.15, -0.1) is 0 Å². The van der Waals surface area contributed by atoms with E-state index < -0.39 is 0 Å². The molecule has 1 aromatic rings. The van der Waals surface area contributed by atoms with Gasteiger partial charge in [0.15, 0.2) is 0 Å². The third-order valence-corrected chi connectivity index (χ3v) is 3.78. The summed E-state index contributed by atoms with van der Waals surface area (Å²) in [5, 5.41) is 0. The Balaban J connectivity index is 1.93. The van der Waals surface area contributed by atoms with Gasteiger partial charge >= 0.3 is 0 Å². The largest absolute Gasteiger partial charge is 0.338 e. The number of carbonyl (C=O) groups is 1. The van der Waals surface area contributed by atoms with Crippen molar-refractivity contribution in [2.45, 2.75) is 25.4 Å². The summed E-state index contributed by atoms with van der Waals surface area (Å²) in [7, 11) is 2.14. The fourth-order valence-corrected chi connectivity index (χ4v) is 2.64. The van der Waals surface area contributed by atoms with Gasteiger partial charge in [0.1, 0.15) is 0 Å². The zero-order valence-electron chi connectivity index (χ0n) is 11.6. The van der Waals surface area contributed by atoms with E-state index in [-0.39, 0.29) is 5.91 Å². The van der Waals surface area contributed by atoms with Crippen molar-refractivity contribution in [2.75, 3.05) is 20.1 Å². The summed E-state index contributed by atoms with van der Waals surface area (Å²) in [6.07, 6.45) is 3.65. The van der Waals surface area contributed by atoms with Crippen molar-refractivity contribution in [3.8, 4) is 0 Å². The Morgan fingerprint density at radius 2 is 2.21 bits per heavy atom. The Morgan fingerprint density at radius 3 is 2.89 bits per heavy atom. The normalized spacial score (nSPS) is 19.5. The minimum Gasteiger partial charge on any atom is -0.338 e. The van der Waals surface area contributed by atoms with Crippen molar-refractivity contribution in [3.05, 3.63) is 48.6 Å². The molecule has 3 nitrogen and oxygen atoms in total. The van der Waals surface area contributed by atoms with Gasteiger partial charge < -0.3 is 4.90 Å². The number of likely N-dealkylation sites (N-methyl/N-ethyl adjacent to an activating group) is 1. The van der Waals surface area contributed by atoms with Gasteiger partial charge in [-0.3, -0.25) is 9.69 Å². The van der Waals surface area contributed by atoms with Crippen LogP contribution in [0.3, 0.4) is 0 Å². The lowest BCUT2D eigenvalue weighted by molar-refractivity contribution is -0.128. The Hall–Kier alpha value is -1.61. The van der Waals surface area contributed by atoms with Crippen LogP contribution in [0, 0.1) is 0 Å². The van der Waals surface area contributed by atoms with Crippen LogP contribution in [0.1, 0.15) is 18.4 Å². The topological polar surface area (TPSA) is 23.6 Å². The number of piperidine rings is 1. The monoisotopic (exact) mass is 258 g/mol. The molecular formula is C16H22N2O. The first-order chi connectivity index (χ1) is 9.20. The van der Waals surface area contributed by atoms with Gasteiger partial charge in [-0.2, -0.15) is 0 Å². The summed E-state index contributed by atoms with van der Waals surface area (Å²) >= 11 is 0. The number of amides is 1. The molecule has 1 atom stereocenters. The predicted molar refractivity (Wildman–Crippen MR) is 77.7 cm³/mol. The second-order valence-electron chi connectivity index (χ2n) is 5.19. The number of hydrogen-bond donors (Lipinski definition) is 0.